The molecule has 0 amide bonds. The summed E-state index contributed by atoms with van der Waals surface area (Å²) in [6.07, 6.45) is 2.57. The monoisotopic (exact) mass is 344 g/mol. The van der Waals surface area contributed by atoms with Crippen molar-refractivity contribution < 1.29 is 22.7 Å². The largest absolute Gasteiger partial charge is 0.429 e. The summed E-state index contributed by atoms with van der Waals surface area (Å²) in [5.41, 5.74) is 2.03. The normalized spacial score (nSPS) is 12.0. The molecule has 2 aromatic rings. The van der Waals surface area contributed by atoms with Gasteiger partial charge in [0.2, 0.25) is 0 Å². The van der Waals surface area contributed by atoms with Gasteiger partial charge in [-0.15, -0.1) is 0 Å². The van der Waals surface area contributed by atoms with Crippen LogP contribution < -0.4 is 0 Å². The number of carbonyl (C=O) groups is 1. The van der Waals surface area contributed by atoms with Crippen molar-refractivity contribution in [2.75, 3.05) is 0 Å². The smallest absolute Gasteiger partial charge is 0.298 e. The summed E-state index contributed by atoms with van der Waals surface area (Å²) in [6, 6.07) is 10.3. The quantitative estimate of drug-likeness (QED) is 0.389. The molecule has 0 aliphatic heterocycles. The van der Waals surface area contributed by atoms with Gasteiger partial charge in [-0.1, -0.05) is 43.0 Å². The Morgan fingerprint density at radius 2 is 1.68 bits per heavy atom. The van der Waals surface area contributed by atoms with Crippen LogP contribution in [-0.4, -0.2) is 6.47 Å². The maximum Gasteiger partial charge on any atom is 0.298 e. The average Bonchev–Trinajstić information content (AvgIpc) is 2.59. The van der Waals surface area contributed by atoms with Crippen molar-refractivity contribution in [1.82, 2.24) is 0 Å². The molecule has 0 unspecified atom stereocenters. The summed E-state index contributed by atoms with van der Waals surface area (Å²) in [5.74, 6) is -2.58. The van der Waals surface area contributed by atoms with Crippen LogP contribution in [0.4, 0.5) is 13.2 Å². The molecule has 0 radical (unpaired) electrons. The SMILES string of the molecule is C=C(/C=C(F)\C(=C/C)c1ccc(-c2ccc(F)c(F)c2)cc1)OC=O. The number of carbonyl (C=O) groups excluding carboxylic acids is 1. The molecule has 2 aromatic carbocycles. The Labute approximate surface area is 143 Å². The highest BCUT2D eigenvalue weighted by atomic mass is 19.2. The second-order valence-corrected chi connectivity index (χ2v) is 5.08. The van der Waals surface area contributed by atoms with Crippen LogP contribution in [-0.2, 0) is 9.53 Å². The molecule has 0 spiro atoms. The summed E-state index contributed by atoms with van der Waals surface area (Å²) in [5, 5.41) is 0. The van der Waals surface area contributed by atoms with Crippen LogP contribution >= 0.6 is 0 Å². The molecule has 0 aliphatic carbocycles. The topological polar surface area (TPSA) is 26.3 Å². The Morgan fingerprint density at radius 3 is 2.24 bits per heavy atom. The molecule has 5 heteroatoms. The third-order valence-corrected chi connectivity index (χ3v) is 3.48. The highest BCUT2D eigenvalue weighted by Crippen LogP contribution is 2.28. The molecule has 25 heavy (non-hydrogen) atoms. The predicted molar refractivity (Wildman–Crippen MR) is 90.9 cm³/mol. The van der Waals surface area contributed by atoms with E-state index in [1.807, 2.05) is 0 Å². The molecule has 2 rings (SSSR count). The van der Waals surface area contributed by atoms with E-state index in [0.717, 1.165) is 18.2 Å². The zero-order valence-electron chi connectivity index (χ0n) is 13.4. The summed E-state index contributed by atoms with van der Waals surface area (Å²) < 4.78 is 45.1. The van der Waals surface area contributed by atoms with Gasteiger partial charge >= 0.3 is 0 Å². The second kappa shape index (κ2) is 8.15. The molecule has 0 fully saturated rings. The van der Waals surface area contributed by atoms with Gasteiger partial charge in [-0.3, -0.25) is 4.79 Å². The number of allylic oxidation sites excluding steroid dienone is 4. The van der Waals surface area contributed by atoms with Crippen molar-refractivity contribution >= 4 is 12.0 Å². The van der Waals surface area contributed by atoms with Crippen molar-refractivity contribution in [2.24, 2.45) is 0 Å². The third kappa shape index (κ3) is 4.47. The lowest BCUT2D eigenvalue weighted by atomic mass is 9.99. The lowest BCUT2D eigenvalue weighted by molar-refractivity contribution is -0.124. The summed E-state index contributed by atoms with van der Waals surface area (Å²) in [7, 11) is 0. The molecule has 0 N–H and O–H groups in total. The van der Waals surface area contributed by atoms with Gasteiger partial charge in [0, 0.05) is 11.6 Å². The first kappa shape index (κ1) is 18.3. The Morgan fingerprint density at radius 1 is 1.04 bits per heavy atom. The summed E-state index contributed by atoms with van der Waals surface area (Å²) in [4.78, 5) is 10.2. The van der Waals surface area contributed by atoms with Crippen LogP contribution in [0.15, 0.2) is 72.8 Å². The third-order valence-electron chi connectivity index (χ3n) is 3.48. The van der Waals surface area contributed by atoms with Crippen LogP contribution in [0.5, 0.6) is 0 Å². The zero-order chi connectivity index (χ0) is 18.4. The van der Waals surface area contributed by atoms with Crippen LogP contribution in [0.3, 0.4) is 0 Å². The van der Waals surface area contributed by atoms with E-state index < -0.39 is 17.5 Å². The maximum absolute atomic E-state index is 14.3. The van der Waals surface area contributed by atoms with Gasteiger partial charge in [0.1, 0.15) is 11.6 Å². The Balaban J connectivity index is 2.29. The van der Waals surface area contributed by atoms with Crippen molar-refractivity contribution in [3.8, 4) is 11.1 Å². The Kier molecular flexibility index (Phi) is 5.95. The fourth-order valence-corrected chi connectivity index (χ4v) is 2.28. The number of rotatable bonds is 6. The first-order valence-electron chi connectivity index (χ1n) is 7.35. The van der Waals surface area contributed by atoms with Crippen LogP contribution in [0.2, 0.25) is 0 Å². The molecule has 128 valence electrons. The molecule has 0 atom stereocenters. The van der Waals surface area contributed by atoms with E-state index in [2.05, 4.69) is 11.3 Å². The second-order valence-electron chi connectivity index (χ2n) is 5.08. The molecule has 0 aromatic heterocycles. The van der Waals surface area contributed by atoms with Gasteiger partial charge < -0.3 is 4.74 Å². The molecule has 0 saturated carbocycles. The van der Waals surface area contributed by atoms with Crippen LogP contribution in [0, 0.1) is 11.6 Å². The molecule has 0 bridgehead atoms. The van der Waals surface area contributed by atoms with Gasteiger partial charge in [-0.25, -0.2) is 13.2 Å². The lowest BCUT2D eigenvalue weighted by Gasteiger charge is -2.08. The van der Waals surface area contributed by atoms with Gasteiger partial charge in [-0.2, -0.15) is 0 Å². The fraction of sp³-hybridized carbons (Fsp3) is 0.0500. The number of hydrogen-bond donors (Lipinski definition) is 0. The maximum atomic E-state index is 14.3. The average molecular weight is 344 g/mol. The predicted octanol–water partition coefficient (Wildman–Crippen LogP) is 5.58. The summed E-state index contributed by atoms with van der Waals surface area (Å²) >= 11 is 0. The molecule has 0 saturated heterocycles. The molecule has 0 aliphatic rings. The number of halogens is 3. The number of hydrogen-bond acceptors (Lipinski definition) is 2. The van der Waals surface area contributed by atoms with E-state index in [4.69, 9.17) is 0 Å². The van der Waals surface area contributed by atoms with Crippen LogP contribution in [0.25, 0.3) is 16.7 Å². The van der Waals surface area contributed by atoms with Gasteiger partial charge in [0.25, 0.3) is 6.47 Å². The van der Waals surface area contributed by atoms with Crippen molar-refractivity contribution in [3.63, 3.8) is 0 Å². The summed E-state index contributed by atoms with van der Waals surface area (Å²) in [6.45, 7) is 5.23. The minimum atomic E-state index is -0.932. The van der Waals surface area contributed by atoms with Crippen molar-refractivity contribution in [2.45, 2.75) is 6.92 Å². The minimum absolute atomic E-state index is 0.120. The molecule has 0 heterocycles. The van der Waals surface area contributed by atoms with E-state index in [-0.39, 0.29) is 17.8 Å². The fourth-order valence-electron chi connectivity index (χ4n) is 2.28. The van der Waals surface area contributed by atoms with E-state index >= 15 is 0 Å². The Hall–Kier alpha value is -3.08. The zero-order valence-corrected chi connectivity index (χ0v) is 13.4. The van der Waals surface area contributed by atoms with E-state index in [1.54, 1.807) is 37.3 Å². The van der Waals surface area contributed by atoms with Crippen molar-refractivity contribution in [1.29, 1.82) is 0 Å². The van der Waals surface area contributed by atoms with Gasteiger partial charge in [0.05, 0.1) is 0 Å². The highest BCUT2D eigenvalue weighted by Gasteiger charge is 2.09. The molecular formula is C20H15F3O2. The molecule has 2 nitrogen and oxygen atoms in total. The van der Waals surface area contributed by atoms with E-state index in [0.29, 0.717) is 16.7 Å². The van der Waals surface area contributed by atoms with E-state index in [9.17, 15) is 18.0 Å². The number of benzene rings is 2. The van der Waals surface area contributed by atoms with Gasteiger partial charge in [-0.05, 0) is 35.7 Å². The Bertz CT molecular complexity index is 850. The lowest BCUT2D eigenvalue weighted by Crippen LogP contribution is -1.90. The minimum Gasteiger partial charge on any atom is -0.429 e. The van der Waals surface area contributed by atoms with Crippen molar-refractivity contribution in [3.05, 3.63) is 90.0 Å². The first-order valence-corrected chi connectivity index (χ1v) is 7.35. The van der Waals surface area contributed by atoms with Crippen LogP contribution in [0.1, 0.15) is 12.5 Å². The van der Waals surface area contributed by atoms with E-state index in [1.165, 1.54) is 6.07 Å². The standard InChI is InChI=1S/C20H15F3O2/c1-3-17(19(22)10-13(2)25-12-24)15-6-4-14(5-7-15)16-8-9-18(21)20(23)11-16/h3-12H,2H2,1H3/b17-3-,19-10+. The highest BCUT2D eigenvalue weighted by molar-refractivity contribution is 5.79. The first-order chi connectivity index (χ1) is 12.0. The number of ether oxygens (including phenoxy) is 1. The molecular weight excluding hydrogens is 329 g/mol. The van der Waals surface area contributed by atoms with Gasteiger partial charge in [0.15, 0.2) is 11.6 Å².